The zero-order chi connectivity index (χ0) is 16.2. The first-order chi connectivity index (χ1) is 11.1. The van der Waals surface area contributed by atoms with Crippen LogP contribution in [0, 0.1) is 0 Å². The Labute approximate surface area is 130 Å². The Morgan fingerprint density at radius 2 is 2.22 bits per heavy atom. The Morgan fingerprint density at radius 1 is 1.43 bits per heavy atom. The van der Waals surface area contributed by atoms with E-state index in [2.05, 4.69) is 30.7 Å². The number of hydroxylamine groups is 2. The molecule has 0 amide bonds. The van der Waals surface area contributed by atoms with Gasteiger partial charge in [-0.15, -0.1) is 0 Å². The third-order valence-corrected chi connectivity index (χ3v) is 3.10. The number of anilines is 1. The van der Waals surface area contributed by atoms with E-state index in [1.807, 2.05) is 12.1 Å². The van der Waals surface area contributed by atoms with Gasteiger partial charge in [0, 0.05) is 5.23 Å². The van der Waals surface area contributed by atoms with Gasteiger partial charge in [-0.05, 0) is 47.2 Å². The van der Waals surface area contributed by atoms with Crippen LogP contribution in [-0.4, -0.2) is 55.3 Å². The maximum Gasteiger partial charge on any atom is 0.263 e. The number of nitrogens with zero attached hydrogens (tertiary/aromatic N) is 7. The highest BCUT2D eigenvalue weighted by atomic mass is 17.0. The van der Waals surface area contributed by atoms with Gasteiger partial charge in [-0.25, -0.2) is 0 Å². The van der Waals surface area contributed by atoms with Crippen LogP contribution < -0.4 is 10.5 Å². The average molecular weight is 318 g/mol. The summed E-state index contributed by atoms with van der Waals surface area (Å²) in [5.41, 5.74) is 6.95. The molecular formula is C12H14N8O3. The molecular weight excluding hydrogens is 304 g/mol. The quantitative estimate of drug-likeness (QED) is 0.729. The van der Waals surface area contributed by atoms with Crippen molar-refractivity contribution in [3.8, 4) is 5.75 Å². The summed E-state index contributed by atoms with van der Waals surface area (Å²) < 4.78 is 5.59. The predicted octanol–water partition coefficient (Wildman–Crippen LogP) is -0.103. The zero-order valence-electron chi connectivity index (χ0n) is 12.1. The third-order valence-electron chi connectivity index (χ3n) is 3.10. The number of rotatable bonds is 5. The van der Waals surface area contributed by atoms with E-state index in [4.69, 9.17) is 10.5 Å². The Bertz CT molecular complexity index is 726. The van der Waals surface area contributed by atoms with Crippen LogP contribution in [0.5, 0.6) is 5.75 Å². The third kappa shape index (κ3) is 3.41. The minimum absolute atomic E-state index is 0.102. The van der Waals surface area contributed by atoms with Crippen LogP contribution in [0.3, 0.4) is 0 Å². The van der Waals surface area contributed by atoms with Gasteiger partial charge in [-0.2, -0.15) is 5.10 Å². The van der Waals surface area contributed by atoms with Gasteiger partial charge in [0.2, 0.25) is 0 Å². The van der Waals surface area contributed by atoms with E-state index in [0.29, 0.717) is 16.7 Å². The number of aromatic nitrogens is 4. The molecule has 120 valence electrons. The highest BCUT2D eigenvalue weighted by Gasteiger charge is 2.28. The van der Waals surface area contributed by atoms with Crippen molar-refractivity contribution >= 4 is 17.9 Å². The molecule has 0 bridgehead atoms. The summed E-state index contributed by atoms with van der Waals surface area (Å²) in [6.45, 7) is 1.95. The van der Waals surface area contributed by atoms with Gasteiger partial charge in [0.05, 0.1) is 11.9 Å². The van der Waals surface area contributed by atoms with Gasteiger partial charge in [-0.3, -0.25) is 10.1 Å². The molecule has 1 aromatic carbocycles. The first-order valence-corrected chi connectivity index (χ1v) is 6.64. The zero-order valence-corrected chi connectivity index (χ0v) is 12.1. The van der Waals surface area contributed by atoms with Crippen molar-refractivity contribution in [2.75, 3.05) is 12.3 Å². The first-order valence-electron chi connectivity index (χ1n) is 6.64. The second-order valence-electron chi connectivity index (χ2n) is 4.68. The van der Waals surface area contributed by atoms with Crippen LogP contribution in [0.1, 0.15) is 12.5 Å². The van der Waals surface area contributed by atoms with Gasteiger partial charge in [0.25, 0.3) is 5.95 Å². The Morgan fingerprint density at radius 3 is 2.83 bits per heavy atom. The molecule has 2 heterocycles. The first kappa shape index (κ1) is 14.9. The number of hydrogen-bond donors (Lipinski definition) is 2. The monoisotopic (exact) mass is 318 g/mol. The van der Waals surface area contributed by atoms with Gasteiger partial charge >= 0.3 is 0 Å². The number of hydrogen-bond acceptors (Lipinski definition) is 10. The van der Waals surface area contributed by atoms with Crippen LogP contribution in [0.2, 0.25) is 0 Å². The smallest absolute Gasteiger partial charge is 0.263 e. The molecule has 1 atom stereocenters. The summed E-state index contributed by atoms with van der Waals surface area (Å²) in [5.74, 6) is 0.739. The van der Waals surface area contributed by atoms with Crippen LogP contribution in [0.25, 0.3) is 0 Å². The number of oxime groups is 1. The van der Waals surface area contributed by atoms with Crippen molar-refractivity contribution in [2.45, 2.75) is 13.0 Å². The number of benzene rings is 1. The minimum Gasteiger partial charge on any atom is -0.491 e. The van der Waals surface area contributed by atoms with E-state index in [-0.39, 0.29) is 12.6 Å². The van der Waals surface area contributed by atoms with E-state index in [1.165, 1.54) is 0 Å². The number of nitrogen functional groups attached to an aromatic ring is 1. The summed E-state index contributed by atoms with van der Waals surface area (Å²) >= 11 is 0. The van der Waals surface area contributed by atoms with E-state index in [0.717, 1.165) is 10.4 Å². The summed E-state index contributed by atoms with van der Waals surface area (Å²) in [4.78, 5) is 5.73. The van der Waals surface area contributed by atoms with Crippen molar-refractivity contribution in [3.05, 3.63) is 29.8 Å². The molecule has 1 aliphatic rings. The second-order valence-corrected chi connectivity index (χ2v) is 4.68. The lowest BCUT2D eigenvalue weighted by Gasteiger charge is -2.15. The lowest BCUT2D eigenvalue weighted by molar-refractivity contribution is -0.340. The van der Waals surface area contributed by atoms with Crippen molar-refractivity contribution < 1.29 is 14.9 Å². The molecule has 1 aromatic heterocycles. The SMILES string of the molecule is CC1=NON(O)C1COc1ccc(/C=N/n2nnnc2N)cc1. The van der Waals surface area contributed by atoms with Crippen molar-refractivity contribution in [3.63, 3.8) is 0 Å². The summed E-state index contributed by atoms with van der Waals surface area (Å²) in [7, 11) is 0. The van der Waals surface area contributed by atoms with E-state index in [9.17, 15) is 5.21 Å². The summed E-state index contributed by atoms with van der Waals surface area (Å²) in [5, 5.41) is 28.2. The summed E-state index contributed by atoms with van der Waals surface area (Å²) in [6, 6.07) is 6.73. The predicted molar refractivity (Wildman–Crippen MR) is 78.8 cm³/mol. The molecule has 0 saturated carbocycles. The van der Waals surface area contributed by atoms with E-state index >= 15 is 0 Å². The molecule has 0 fully saturated rings. The average Bonchev–Trinajstić information content (AvgIpc) is 3.10. The maximum absolute atomic E-state index is 9.43. The molecule has 11 nitrogen and oxygen atoms in total. The van der Waals surface area contributed by atoms with E-state index < -0.39 is 6.04 Å². The molecule has 1 aliphatic heterocycles. The number of nitrogens with two attached hydrogens (primary N) is 1. The molecule has 2 aromatic rings. The summed E-state index contributed by atoms with van der Waals surface area (Å²) in [6.07, 6.45) is 1.56. The molecule has 11 heteroatoms. The second kappa shape index (κ2) is 6.37. The minimum atomic E-state index is -0.431. The van der Waals surface area contributed by atoms with Crippen molar-refractivity contribution in [2.24, 2.45) is 10.3 Å². The largest absolute Gasteiger partial charge is 0.491 e. The maximum atomic E-state index is 9.43. The molecule has 3 rings (SSSR count). The molecule has 0 radical (unpaired) electrons. The molecule has 23 heavy (non-hydrogen) atoms. The normalized spacial score (nSPS) is 18.2. The van der Waals surface area contributed by atoms with Gasteiger partial charge in [0.15, 0.2) is 6.04 Å². The Hall–Kier alpha value is -3.05. The number of ether oxygens (including phenoxy) is 1. The highest BCUT2D eigenvalue weighted by molar-refractivity contribution is 5.87. The molecule has 0 saturated heterocycles. The lowest BCUT2D eigenvalue weighted by atomic mass is 10.2. The van der Waals surface area contributed by atoms with E-state index in [1.54, 1.807) is 25.3 Å². The van der Waals surface area contributed by atoms with Gasteiger partial charge in [-0.1, -0.05) is 15.0 Å². The number of tetrazole rings is 1. The fraction of sp³-hybridized carbons (Fsp3) is 0.250. The molecule has 3 N–H and O–H groups in total. The topological polar surface area (TPSA) is 136 Å². The van der Waals surface area contributed by atoms with Crippen LogP contribution in [0.15, 0.2) is 34.5 Å². The fourth-order valence-corrected chi connectivity index (χ4v) is 1.79. The van der Waals surface area contributed by atoms with Crippen LogP contribution in [-0.2, 0) is 4.94 Å². The fourth-order valence-electron chi connectivity index (χ4n) is 1.79. The van der Waals surface area contributed by atoms with Crippen molar-refractivity contribution in [1.82, 2.24) is 25.5 Å². The highest BCUT2D eigenvalue weighted by Crippen LogP contribution is 2.15. The van der Waals surface area contributed by atoms with Gasteiger partial charge in [0.1, 0.15) is 12.4 Å². The Balaban J connectivity index is 1.58. The Kier molecular flexibility index (Phi) is 4.12. The van der Waals surface area contributed by atoms with Crippen LogP contribution in [0.4, 0.5) is 5.95 Å². The van der Waals surface area contributed by atoms with Crippen LogP contribution >= 0.6 is 0 Å². The lowest BCUT2D eigenvalue weighted by Crippen LogP contribution is -2.36. The molecule has 1 unspecified atom stereocenters. The van der Waals surface area contributed by atoms with Crippen molar-refractivity contribution in [1.29, 1.82) is 0 Å². The standard InChI is InChI=1S/C12H14N8O3/c1-8-11(20(21)23-16-8)7-22-10-4-2-9(3-5-10)6-14-19-12(13)15-17-18-19/h2-6,11,21H,7H2,1H3,(H2,13,15,18)/b14-6+. The molecule has 0 aliphatic carbocycles. The van der Waals surface area contributed by atoms with Gasteiger partial charge < -0.3 is 10.5 Å². The molecule has 0 spiro atoms.